The van der Waals surface area contributed by atoms with E-state index < -0.39 is 23.5 Å². The molecule has 0 bridgehead atoms. The fraction of sp³-hybridized carbons (Fsp3) is 0.0417. The Morgan fingerprint density at radius 3 is 2.27 bits per heavy atom. The number of ketones is 1. The van der Waals surface area contributed by atoms with Gasteiger partial charge in [-0.1, -0.05) is 46.7 Å². The van der Waals surface area contributed by atoms with Gasteiger partial charge in [-0.05, 0) is 60.2 Å². The molecule has 1 atom stereocenters. The molecule has 0 unspecified atom stereocenters. The topological polar surface area (TPSA) is 70.5 Å². The van der Waals surface area contributed by atoms with Crippen molar-refractivity contribution < 1.29 is 19.1 Å². The van der Waals surface area contributed by atoms with Gasteiger partial charge in [0.15, 0.2) is 5.13 Å². The van der Waals surface area contributed by atoms with Crippen LogP contribution in [0.2, 0.25) is 10.0 Å². The van der Waals surface area contributed by atoms with Gasteiger partial charge >= 0.3 is 5.91 Å². The molecule has 5 rings (SSSR count). The number of thiazole rings is 1. The fourth-order valence-electron chi connectivity index (χ4n) is 3.74. The van der Waals surface area contributed by atoms with Crippen molar-refractivity contribution in [3.63, 3.8) is 0 Å². The van der Waals surface area contributed by atoms with Gasteiger partial charge < -0.3 is 5.11 Å². The second-order valence-electron chi connectivity index (χ2n) is 7.34. The average molecular weight is 499 g/mol. The molecule has 2 heterocycles. The van der Waals surface area contributed by atoms with E-state index >= 15 is 0 Å². The lowest BCUT2D eigenvalue weighted by Crippen LogP contribution is -2.29. The van der Waals surface area contributed by atoms with Crippen LogP contribution >= 0.6 is 34.5 Å². The molecular weight excluding hydrogens is 486 g/mol. The van der Waals surface area contributed by atoms with Crippen LogP contribution in [-0.4, -0.2) is 21.8 Å². The van der Waals surface area contributed by atoms with Crippen LogP contribution in [0, 0.1) is 5.82 Å². The van der Waals surface area contributed by atoms with E-state index in [9.17, 15) is 19.1 Å². The summed E-state index contributed by atoms with van der Waals surface area (Å²) in [5.74, 6) is -2.46. The van der Waals surface area contributed by atoms with Crippen molar-refractivity contribution in [1.82, 2.24) is 4.98 Å². The Labute approximate surface area is 201 Å². The summed E-state index contributed by atoms with van der Waals surface area (Å²) < 4.78 is 14.2. The molecule has 1 aliphatic rings. The number of hydrogen-bond acceptors (Lipinski definition) is 5. The third kappa shape index (κ3) is 3.78. The molecule has 1 saturated heterocycles. The number of anilines is 1. The number of aliphatic hydroxyl groups is 1. The number of Topliss-reactive ketones (excluding diaryl/α,β-unsaturated/α-hetero) is 1. The third-order valence-electron chi connectivity index (χ3n) is 5.29. The average Bonchev–Trinajstić information content (AvgIpc) is 3.32. The highest BCUT2D eigenvalue weighted by Gasteiger charge is 2.48. The van der Waals surface area contributed by atoms with Crippen LogP contribution in [0.15, 0.2) is 72.3 Å². The highest BCUT2D eigenvalue weighted by molar-refractivity contribution is 7.22. The van der Waals surface area contributed by atoms with E-state index in [1.807, 2.05) is 0 Å². The lowest BCUT2D eigenvalue weighted by atomic mass is 9.95. The minimum atomic E-state index is -0.955. The highest BCUT2D eigenvalue weighted by atomic mass is 35.5. The van der Waals surface area contributed by atoms with Gasteiger partial charge in [0.1, 0.15) is 11.6 Å². The Morgan fingerprint density at radius 2 is 1.61 bits per heavy atom. The zero-order valence-electron chi connectivity index (χ0n) is 16.6. The van der Waals surface area contributed by atoms with Crippen molar-refractivity contribution in [3.05, 3.63) is 99.3 Å². The normalized spacial score (nSPS) is 17.8. The molecule has 0 saturated carbocycles. The Morgan fingerprint density at radius 1 is 0.970 bits per heavy atom. The molecule has 4 aromatic rings. The Bertz CT molecular complexity index is 1450. The number of halogens is 3. The van der Waals surface area contributed by atoms with Crippen molar-refractivity contribution in [1.29, 1.82) is 0 Å². The molecule has 5 nitrogen and oxygen atoms in total. The van der Waals surface area contributed by atoms with Crippen LogP contribution in [0.25, 0.3) is 16.0 Å². The number of nitrogens with zero attached hydrogens (tertiary/aromatic N) is 2. The number of aliphatic hydroxyl groups excluding tert-OH is 1. The van der Waals surface area contributed by atoms with Gasteiger partial charge in [-0.25, -0.2) is 9.37 Å². The summed E-state index contributed by atoms with van der Waals surface area (Å²) in [6.45, 7) is 0. The standard InChI is InChI=1S/C24H13Cl2FN2O3S/c25-14-5-1-12(2-6-14)20-19(21(30)13-3-7-15(26)8-4-13)22(31)23(32)29(20)24-28-17-10-9-16(27)11-18(17)33-24/h1-11,20,30H/t20-/m1/s1. The highest BCUT2D eigenvalue weighted by Crippen LogP contribution is 2.44. The van der Waals surface area contributed by atoms with Gasteiger partial charge in [0, 0.05) is 15.6 Å². The molecule has 0 radical (unpaired) electrons. The first-order valence-corrected chi connectivity index (χ1v) is 11.3. The Kier molecular flexibility index (Phi) is 5.40. The van der Waals surface area contributed by atoms with Gasteiger partial charge in [-0.2, -0.15) is 0 Å². The van der Waals surface area contributed by atoms with Gasteiger partial charge in [0.25, 0.3) is 5.78 Å². The van der Waals surface area contributed by atoms with Crippen LogP contribution in [0.5, 0.6) is 0 Å². The molecule has 1 aromatic heterocycles. The van der Waals surface area contributed by atoms with E-state index in [1.165, 1.54) is 23.1 Å². The summed E-state index contributed by atoms with van der Waals surface area (Å²) in [4.78, 5) is 32.0. The third-order valence-corrected chi connectivity index (χ3v) is 6.81. The van der Waals surface area contributed by atoms with Crippen molar-refractivity contribution >= 4 is 67.3 Å². The van der Waals surface area contributed by atoms with Crippen LogP contribution in [0.1, 0.15) is 17.2 Å². The van der Waals surface area contributed by atoms with E-state index in [1.54, 1.807) is 48.5 Å². The summed E-state index contributed by atoms with van der Waals surface area (Å²) in [6, 6.07) is 16.0. The predicted molar refractivity (Wildman–Crippen MR) is 127 cm³/mol. The minimum absolute atomic E-state index is 0.0879. The number of fused-ring (bicyclic) bond motifs is 1. The van der Waals surface area contributed by atoms with Gasteiger partial charge in [-0.15, -0.1) is 0 Å². The maximum absolute atomic E-state index is 13.7. The summed E-state index contributed by atoms with van der Waals surface area (Å²) >= 11 is 13.1. The first-order chi connectivity index (χ1) is 15.8. The van der Waals surface area contributed by atoms with Crippen LogP contribution in [0.3, 0.4) is 0 Å². The van der Waals surface area contributed by atoms with E-state index in [2.05, 4.69) is 4.98 Å². The summed E-state index contributed by atoms with van der Waals surface area (Å²) in [5, 5.41) is 12.2. The second-order valence-corrected chi connectivity index (χ2v) is 9.22. The Hall–Kier alpha value is -3.26. The molecule has 1 aliphatic heterocycles. The monoisotopic (exact) mass is 498 g/mol. The number of hydrogen-bond donors (Lipinski definition) is 1. The predicted octanol–water partition coefficient (Wildman–Crippen LogP) is 6.37. The zero-order valence-corrected chi connectivity index (χ0v) is 19.0. The number of rotatable bonds is 3. The van der Waals surface area contributed by atoms with Crippen molar-refractivity contribution in [2.24, 2.45) is 0 Å². The largest absolute Gasteiger partial charge is 0.507 e. The molecule has 33 heavy (non-hydrogen) atoms. The number of carbonyl (C=O) groups excluding carboxylic acids is 2. The van der Waals surface area contributed by atoms with E-state index in [-0.39, 0.29) is 16.5 Å². The van der Waals surface area contributed by atoms with Crippen LogP contribution in [-0.2, 0) is 9.59 Å². The molecule has 9 heteroatoms. The van der Waals surface area contributed by atoms with Gasteiger partial charge in [0.2, 0.25) is 0 Å². The number of aromatic nitrogens is 1. The van der Waals surface area contributed by atoms with E-state index in [0.29, 0.717) is 31.4 Å². The van der Waals surface area contributed by atoms with Crippen LogP contribution < -0.4 is 4.90 Å². The maximum Gasteiger partial charge on any atom is 0.301 e. The maximum atomic E-state index is 13.7. The molecule has 1 N–H and O–H groups in total. The molecule has 0 spiro atoms. The van der Waals surface area contributed by atoms with Crippen LogP contribution in [0.4, 0.5) is 9.52 Å². The quantitative estimate of drug-likeness (QED) is 0.202. The lowest BCUT2D eigenvalue weighted by molar-refractivity contribution is -0.132. The molecule has 1 amide bonds. The lowest BCUT2D eigenvalue weighted by Gasteiger charge is -2.23. The van der Waals surface area contributed by atoms with E-state index in [0.717, 1.165) is 11.3 Å². The molecule has 3 aromatic carbocycles. The van der Waals surface area contributed by atoms with Gasteiger partial charge in [-0.3, -0.25) is 14.5 Å². The fourth-order valence-corrected chi connectivity index (χ4v) is 5.01. The van der Waals surface area contributed by atoms with Crippen molar-refractivity contribution in [2.45, 2.75) is 6.04 Å². The SMILES string of the molecule is O=C1C(=O)N(c2nc3ccc(F)cc3s2)[C@H](c2ccc(Cl)cc2)C1=C(O)c1ccc(Cl)cc1. The zero-order chi connectivity index (χ0) is 23.3. The molecular formula is C24H13Cl2FN2O3S. The van der Waals surface area contributed by atoms with Crippen molar-refractivity contribution in [2.75, 3.05) is 4.90 Å². The molecule has 164 valence electrons. The number of amides is 1. The molecule has 0 aliphatic carbocycles. The number of carbonyl (C=O) groups is 2. The minimum Gasteiger partial charge on any atom is -0.507 e. The molecule has 1 fully saturated rings. The van der Waals surface area contributed by atoms with E-state index in [4.69, 9.17) is 23.2 Å². The van der Waals surface area contributed by atoms with Gasteiger partial charge in [0.05, 0.1) is 21.8 Å². The van der Waals surface area contributed by atoms with Crippen molar-refractivity contribution in [3.8, 4) is 0 Å². The first kappa shape index (κ1) is 21.6. The Balaban J connectivity index is 1.73. The summed E-state index contributed by atoms with van der Waals surface area (Å²) in [5.41, 5.74) is 1.29. The first-order valence-electron chi connectivity index (χ1n) is 9.72. The summed E-state index contributed by atoms with van der Waals surface area (Å²) in [6.07, 6.45) is 0. The number of benzene rings is 3. The second kappa shape index (κ2) is 8.26. The summed E-state index contributed by atoms with van der Waals surface area (Å²) in [7, 11) is 0. The smallest absolute Gasteiger partial charge is 0.301 e.